The first kappa shape index (κ1) is 9.21. The molecule has 1 aromatic heterocycles. The van der Waals surface area contributed by atoms with Gasteiger partial charge in [0.2, 0.25) is 5.88 Å². The molecule has 1 N–H and O–H groups in total. The lowest BCUT2D eigenvalue weighted by Gasteiger charge is -2.25. The SMILES string of the molecule is CC(=O)c1cc(N2CCNCC2)on1. The fraction of sp³-hybridized carbons (Fsp3) is 0.556. The first-order chi connectivity index (χ1) is 6.77. The van der Waals surface area contributed by atoms with E-state index in [1.807, 2.05) is 0 Å². The molecule has 0 unspecified atom stereocenters. The van der Waals surface area contributed by atoms with Gasteiger partial charge in [-0.05, 0) is 0 Å². The predicted octanol–water partition coefficient (Wildman–Crippen LogP) is 0.287. The van der Waals surface area contributed by atoms with Crippen molar-refractivity contribution in [2.75, 3.05) is 31.1 Å². The third-order valence-electron chi connectivity index (χ3n) is 2.29. The molecule has 5 nitrogen and oxygen atoms in total. The zero-order chi connectivity index (χ0) is 9.97. The molecule has 0 bridgehead atoms. The Morgan fingerprint density at radius 3 is 2.86 bits per heavy atom. The van der Waals surface area contributed by atoms with E-state index in [0.29, 0.717) is 11.6 Å². The number of carbonyl (C=O) groups excluding carboxylic acids is 1. The molecule has 1 aliphatic rings. The van der Waals surface area contributed by atoms with Crippen LogP contribution in [0.2, 0.25) is 0 Å². The van der Waals surface area contributed by atoms with Crippen molar-refractivity contribution in [1.82, 2.24) is 10.5 Å². The maximum atomic E-state index is 11.0. The van der Waals surface area contributed by atoms with Crippen LogP contribution < -0.4 is 10.2 Å². The maximum absolute atomic E-state index is 11.0. The molecule has 0 aliphatic carbocycles. The first-order valence-corrected chi connectivity index (χ1v) is 4.70. The molecule has 1 saturated heterocycles. The Labute approximate surface area is 82.1 Å². The molecule has 1 fully saturated rings. The minimum absolute atomic E-state index is 0.0601. The molecule has 14 heavy (non-hydrogen) atoms. The van der Waals surface area contributed by atoms with Gasteiger partial charge in [-0.15, -0.1) is 0 Å². The van der Waals surface area contributed by atoms with Crippen molar-refractivity contribution in [2.45, 2.75) is 6.92 Å². The molecule has 0 aromatic carbocycles. The lowest BCUT2D eigenvalue weighted by Crippen LogP contribution is -2.43. The largest absolute Gasteiger partial charge is 0.338 e. The van der Waals surface area contributed by atoms with Crippen LogP contribution in [0.1, 0.15) is 17.4 Å². The van der Waals surface area contributed by atoms with E-state index in [-0.39, 0.29) is 5.78 Å². The van der Waals surface area contributed by atoms with Crippen LogP contribution in [0.3, 0.4) is 0 Å². The average Bonchev–Trinajstić information content (AvgIpc) is 2.68. The second kappa shape index (κ2) is 3.79. The summed E-state index contributed by atoms with van der Waals surface area (Å²) in [5.41, 5.74) is 0.401. The summed E-state index contributed by atoms with van der Waals surface area (Å²) in [4.78, 5) is 13.1. The Bertz CT molecular complexity index is 329. The van der Waals surface area contributed by atoms with Gasteiger partial charge in [-0.1, -0.05) is 5.16 Å². The molecular formula is C9H13N3O2. The highest BCUT2D eigenvalue weighted by atomic mass is 16.5. The van der Waals surface area contributed by atoms with Gasteiger partial charge < -0.3 is 14.7 Å². The van der Waals surface area contributed by atoms with Gasteiger partial charge in [0, 0.05) is 39.2 Å². The van der Waals surface area contributed by atoms with Crippen LogP contribution in [0, 0.1) is 0 Å². The normalized spacial score (nSPS) is 17.1. The van der Waals surface area contributed by atoms with Crippen molar-refractivity contribution in [2.24, 2.45) is 0 Å². The standard InChI is InChI=1S/C9H13N3O2/c1-7(13)8-6-9(14-11-8)12-4-2-10-3-5-12/h6,10H,2-5H2,1H3. The van der Waals surface area contributed by atoms with E-state index in [0.717, 1.165) is 26.2 Å². The Hall–Kier alpha value is -1.36. The summed E-state index contributed by atoms with van der Waals surface area (Å²) in [6, 6.07) is 1.70. The fourth-order valence-electron chi connectivity index (χ4n) is 1.47. The van der Waals surface area contributed by atoms with Gasteiger partial charge in [0.1, 0.15) is 0 Å². The number of aromatic nitrogens is 1. The molecular weight excluding hydrogens is 182 g/mol. The van der Waals surface area contributed by atoms with Crippen LogP contribution in [0.5, 0.6) is 0 Å². The van der Waals surface area contributed by atoms with Gasteiger partial charge in [0.25, 0.3) is 0 Å². The van der Waals surface area contributed by atoms with E-state index in [1.165, 1.54) is 6.92 Å². The first-order valence-electron chi connectivity index (χ1n) is 4.70. The molecule has 0 spiro atoms. The van der Waals surface area contributed by atoms with E-state index in [1.54, 1.807) is 6.07 Å². The fourth-order valence-corrected chi connectivity index (χ4v) is 1.47. The van der Waals surface area contributed by atoms with Crippen LogP contribution in [-0.4, -0.2) is 37.1 Å². The van der Waals surface area contributed by atoms with Gasteiger partial charge >= 0.3 is 0 Å². The van der Waals surface area contributed by atoms with Gasteiger partial charge in [-0.25, -0.2) is 0 Å². The molecule has 0 amide bonds. The minimum Gasteiger partial charge on any atom is -0.338 e. The van der Waals surface area contributed by atoms with Gasteiger partial charge in [-0.3, -0.25) is 4.79 Å². The monoisotopic (exact) mass is 195 g/mol. The molecule has 0 saturated carbocycles. The number of rotatable bonds is 2. The van der Waals surface area contributed by atoms with Crippen LogP contribution in [0.15, 0.2) is 10.6 Å². The second-order valence-corrected chi connectivity index (χ2v) is 3.34. The number of carbonyl (C=O) groups is 1. The minimum atomic E-state index is -0.0601. The predicted molar refractivity (Wildman–Crippen MR) is 51.6 cm³/mol. The number of hydrogen-bond acceptors (Lipinski definition) is 5. The molecule has 1 aromatic rings. The van der Waals surface area contributed by atoms with Gasteiger partial charge in [-0.2, -0.15) is 0 Å². The van der Waals surface area contributed by atoms with Crippen LogP contribution in [-0.2, 0) is 0 Å². The number of piperazine rings is 1. The molecule has 0 atom stereocenters. The summed E-state index contributed by atoms with van der Waals surface area (Å²) in [7, 11) is 0. The highest BCUT2D eigenvalue weighted by molar-refractivity contribution is 5.92. The molecule has 5 heteroatoms. The van der Waals surface area contributed by atoms with Crippen molar-refractivity contribution in [3.63, 3.8) is 0 Å². The van der Waals surface area contributed by atoms with Gasteiger partial charge in [0.15, 0.2) is 11.5 Å². The Morgan fingerprint density at radius 2 is 2.29 bits per heavy atom. The van der Waals surface area contributed by atoms with Crippen LogP contribution in [0.25, 0.3) is 0 Å². The Morgan fingerprint density at radius 1 is 1.57 bits per heavy atom. The maximum Gasteiger partial charge on any atom is 0.228 e. The number of Topliss-reactive ketones (excluding diaryl/α,β-unsaturated/α-hetero) is 1. The van der Waals surface area contributed by atoms with Crippen molar-refractivity contribution >= 4 is 11.7 Å². The second-order valence-electron chi connectivity index (χ2n) is 3.34. The number of hydrogen-bond donors (Lipinski definition) is 1. The lowest BCUT2D eigenvalue weighted by atomic mass is 10.3. The van der Waals surface area contributed by atoms with Crippen molar-refractivity contribution in [3.8, 4) is 0 Å². The van der Waals surface area contributed by atoms with Gasteiger partial charge in [0.05, 0.1) is 0 Å². The summed E-state index contributed by atoms with van der Waals surface area (Å²) in [5.74, 6) is 0.631. The van der Waals surface area contributed by atoms with Crippen molar-refractivity contribution in [1.29, 1.82) is 0 Å². The molecule has 2 rings (SSSR count). The summed E-state index contributed by atoms with van der Waals surface area (Å²) < 4.78 is 5.09. The quantitative estimate of drug-likeness (QED) is 0.687. The molecule has 0 radical (unpaired) electrons. The highest BCUT2D eigenvalue weighted by Gasteiger charge is 2.16. The molecule has 1 aliphatic heterocycles. The Kier molecular flexibility index (Phi) is 2.49. The van der Waals surface area contributed by atoms with E-state index in [4.69, 9.17) is 4.52 Å². The molecule has 2 heterocycles. The Balaban J connectivity index is 2.11. The molecule has 76 valence electrons. The third-order valence-corrected chi connectivity index (χ3v) is 2.29. The van der Waals surface area contributed by atoms with Crippen LogP contribution >= 0.6 is 0 Å². The topological polar surface area (TPSA) is 58.4 Å². The number of anilines is 1. The summed E-state index contributed by atoms with van der Waals surface area (Å²) in [6.07, 6.45) is 0. The lowest BCUT2D eigenvalue weighted by molar-refractivity contribution is 0.100. The summed E-state index contributed by atoms with van der Waals surface area (Å²) in [5, 5.41) is 6.95. The van der Waals surface area contributed by atoms with E-state index < -0.39 is 0 Å². The summed E-state index contributed by atoms with van der Waals surface area (Å²) in [6.45, 7) is 5.16. The highest BCUT2D eigenvalue weighted by Crippen LogP contribution is 2.16. The van der Waals surface area contributed by atoms with E-state index in [2.05, 4.69) is 15.4 Å². The van der Waals surface area contributed by atoms with E-state index >= 15 is 0 Å². The zero-order valence-electron chi connectivity index (χ0n) is 8.12. The van der Waals surface area contributed by atoms with Crippen molar-refractivity contribution < 1.29 is 9.32 Å². The average molecular weight is 195 g/mol. The number of nitrogens with one attached hydrogen (secondary N) is 1. The van der Waals surface area contributed by atoms with Crippen LogP contribution in [0.4, 0.5) is 5.88 Å². The number of ketones is 1. The van der Waals surface area contributed by atoms with E-state index in [9.17, 15) is 4.79 Å². The summed E-state index contributed by atoms with van der Waals surface area (Å²) >= 11 is 0. The number of nitrogens with zero attached hydrogens (tertiary/aromatic N) is 2. The smallest absolute Gasteiger partial charge is 0.228 e. The zero-order valence-corrected chi connectivity index (χ0v) is 8.12. The van der Waals surface area contributed by atoms with Crippen molar-refractivity contribution in [3.05, 3.63) is 11.8 Å². The third kappa shape index (κ3) is 1.77.